The van der Waals surface area contributed by atoms with Gasteiger partial charge in [-0.25, -0.2) is 9.97 Å². The molecule has 61 heavy (non-hydrogen) atoms. The van der Waals surface area contributed by atoms with E-state index >= 15 is 0 Å². The summed E-state index contributed by atoms with van der Waals surface area (Å²) in [6.45, 7) is 8.20. The number of anilines is 1. The number of nitrogens with zero attached hydrogens (tertiary/aromatic N) is 3. The van der Waals surface area contributed by atoms with Crippen molar-refractivity contribution in [2.24, 2.45) is 11.8 Å². The number of carbonyl (C=O) groups excluding carboxylic acids is 5. The van der Waals surface area contributed by atoms with Gasteiger partial charge in [0.15, 0.2) is 0 Å². The topological polar surface area (TPSA) is 185 Å². The molecule has 3 heterocycles. The maximum Gasteiger partial charge on any atom is 0.264 e. The third-order valence-corrected chi connectivity index (χ3v) is 11.3. The number of hydrogen-bond donors (Lipinski definition) is 2. The van der Waals surface area contributed by atoms with E-state index in [1.54, 1.807) is 18.2 Å². The smallest absolute Gasteiger partial charge is 0.264 e. The zero-order chi connectivity index (χ0) is 43.0. The molecule has 4 amide bonds. The van der Waals surface area contributed by atoms with Gasteiger partial charge in [0.2, 0.25) is 11.8 Å². The Hall–Kier alpha value is -5.09. The van der Waals surface area contributed by atoms with Crippen LogP contribution >= 0.6 is 0 Å². The van der Waals surface area contributed by atoms with Crippen LogP contribution in [0.2, 0.25) is 0 Å². The highest BCUT2D eigenvalue weighted by Crippen LogP contribution is 2.33. The van der Waals surface area contributed by atoms with Crippen LogP contribution in [0.15, 0.2) is 48.7 Å². The number of benzene rings is 2. The van der Waals surface area contributed by atoms with E-state index < -0.39 is 29.7 Å². The Bertz CT molecular complexity index is 1970. The molecule has 2 N–H and O–H groups in total. The van der Waals surface area contributed by atoms with Gasteiger partial charge in [-0.05, 0) is 80.8 Å². The van der Waals surface area contributed by atoms with E-state index in [0.29, 0.717) is 89.8 Å². The number of hydrogen-bond acceptors (Lipinski definition) is 13. The number of imide groups is 2. The normalized spacial score (nSPS) is 17.0. The molecule has 1 aromatic heterocycles. The average molecular weight is 842 g/mol. The molecular weight excluding hydrogens is 783 g/mol. The average Bonchev–Trinajstić information content (AvgIpc) is 3.49. The minimum atomic E-state index is -1.01. The number of unbranched alkanes of at least 4 members (excludes halogenated alkanes) is 1. The zero-order valence-corrected chi connectivity index (χ0v) is 35.4. The van der Waals surface area contributed by atoms with Crippen LogP contribution in [0.4, 0.5) is 5.69 Å². The molecular formula is C46H59N5O10. The first-order valence-electron chi connectivity index (χ1n) is 21.7. The van der Waals surface area contributed by atoms with Crippen molar-refractivity contribution in [3.05, 3.63) is 82.4 Å². The zero-order valence-electron chi connectivity index (χ0n) is 35.4. The van der Waals surface area contributed by atoms with Gasteiger partial charge in [-0.1, -0.05) is 38.0 Å². The van der Waals surface area contributed by atoms with Crippen LogP contribution in [0.1, 0.15) is 102 Å². The van der Waals surface area contributed by atoms with Gasteiger partial charge in [0, 0.05) is 48.8 Å². The molecule has 2 aromatic carbocycles. The van der Waals surface area contributed by atoms with Gasteiger partial charge in [0.05, 0.1) is 64.0 Å². The van der Waals surface area contributed by atoms with E-state index in [1.165, 1.54) is 6.42 Å². The highest BCUT2D eigenvalue weighted by Gasteiger charge is 2.45. The van der Waals surface area contributed by atoms with Crippen molar-refractivity contribution >= 4 is 35.1 Å². The maximum atomic E-state index is 13.2. The summed E-state index contributed by atoms with van der Waals surface area (Å²) in [5.41, 5.74) is 4.22. The van der Waals surface area contributed by atoms with Crippen molar-refractivity contribution in [2.45, 2.75) is 84.1 Å². The van der Waals surface area contributed by atoms with Crippen LogP contribution in [-0.4, -0.2) is 116 Å². The van der Waals surface area contributed by atoms with Crippen LogP contribution in [0, 0.1) is 18.8 Å². The quantitative estimate of drug-likeness (QED) is 0.0769. The summed E-state index contributed by atoms with van der Waals surface area (Å²) in [5, 5.41) is 5.35. The molecule has 1 saturated heterocycles. The molecule has 2 aliphatic heterocycles. The van der Waals surface area contributed by atoms with Crippen molar-refractivity contribution in [2.75, 3.05) is 71.3 Å². The first-order valence-corrected chi connectivity index (χ1v) is 21.7. The van der Waals surface area contributed by atoms with Crippen LogP contribution < -0.4 is 15.4 Å². The maximum absolute atomic E-state index is 13.2. The molecule has 3 aliphatic rings. The summed E-state index contributed by atoms with van der Waals surface area (Å²) in [6, 6.07) is 11.9. The largest absolute Gasteiger partial charge is 0.491 e. The van der Waals surface area contributed by atoms with Crippen molar-refractivity contribution < 1.29 is 47.7 Å². The first-order chi connectivity index (χ1) is 29.7. The lowest BCUT2D eigenvalue weighted by Crippen LogP contribution is -2.54. The molecule has 2 atom stereocenters. The number of ketones is 1. The second-order valence-electron chi connectivity index (χ2n) is 15.8. The Morgan fingerprint density at radius 1 is 0.852 bits per heavy atom. The summed E-state index contributed by atoms with van der Waals surface area (Å²) in [5.74, 6) is 0.354. The lowest BCUT2D eigenvalue weighted by molar-refractivity contribution is -0.136. The predicted molar refractivity (Wildman–Crippen MR) is 225 cm³/mol. The number of Topliss-reactive ketones (excluding diaryl/α,β-unsaturated/α-hetero) is 1. The second kappa shape index (κ2) is 23.2. The Morgan fingerprint density at radius 2 is 1.54 bits per heavy atom. The van der Waals surface area contributed by atoms with Crippen molar-refractivity contribution in [3.8, 4) is 5.75 Å². The van der Waals surface area contributed by atoms with Gasteiger partial charge in [0.25, 0.3) is 11.8 Å². The SMILES string of the molecule is Cc1cnc(Cc2ccc(OCCOCCOCCOCCOCCNc3cccc4c3C(=O)N(C3CCC(=O)NC3=O)C4=O)cc2)nc1CCCCC(C)C(=O)C1CCC1. The first kappa shape index (κ1) is 45.4. The number of aryl methyl sites for hydroxylation is 2. The van der Waals surface area contributed by atoms with E-state index in [1.807, 2.05) is 30.5 Å². The molecule has 0 spiro atoms. The summed E-state index contributed by atoms with van der Waals surface area (Å²) in [6.07, 6.45) is 10.00. The number of piperidine rings is 1. The molecule has 3 aromatic rings. The fraction of sp³-hybridized carbons (Fsp3) is 0.543. The molecule has 1 aliphatic carbocycles. The highest BCUT2D eigenvalue weighted by molar-refractivity contribution is 6.25. The second-order valence-corrected chi connectivity index (χ2v) is 15.8. The summed E-state index contributed by atoms with van der Waals surface area (Å²) in [4.78, 5) is 72.9. The number of aromatic nitrogens is 2. The van der Waals surface area contributed by atoms with Crippen LogP contribution in [0.5, 0.6) is 5.75 Å². The monoisotopic (exact) mass is 841 g/mol. The van der Waals surface area contributed by atoms with Crippen molar-refractivity contribution in [3.63, 3.8) is 0 Å². The van der Waals surface area contributed by atoms with E-state index in [4.69, 9.17) is 28.7 Å². The van der Waals surface area contributed by atoms with Crippen LogP contribution in [0.25, 0.3) is 0 Å². The molecule has 2 unspecified atom stereocenters. The fourth-order valence-electron chi connectivity index (χ4n) is 7.62. The number of amides is 4. The lowest BCUT2D eigenvalue weighted by Gasteiger charge is -2.27. The molecule has 0 radical (unpaired) electrons. The number of fused-ring (bicyclic) bond motifs is 1. The third-order valence-electron chi connectivity index (χ3n) is 11.3. The van der Waals surface area contributed by atoms with Gasteiger partial charge in [-0.3, -0.25) is 34.2 Å². The summed E-state index contributed by atoms with van der Waals surface area (Å²) < 4.78 is 28.2. The molecule has 6 rings (SSSR count). The summed E-state index contributed by atoms with van der Waals surface area (Å²) in [7, 11) is 0. The Morgan fingerprint density at radius 3 is 2.21 bits per heavy atom. The lowest BCUT2D eigenvalue weighted by atomic mass is 9.77. The van der Waals surface area contributed by atoms with E-state index in [-0.39, 0.29) is 29.9 Å². The number of rotatable bonds is 27. The molecule has 15 heteroatoms. The van der Waals surface area contributed by atoms with Gasteiger partial charge in [-0.15, -0.1) is 0 Å². The van der Waals surface area contributed by atoms with E-state index in [2.05, 4.69) is 29.5 Å². The molecule has 328 valence electrons. The van der Waals surface area contributed by atoms with Crippen LogP contribution in [-0.2, 0) is 46.2 Å². The summed E-state index contributed by atoms with van der Waals surface area (Å²) >= 11 is 0. The van der Waals surface area contributed by atoms with Gasteiger partial charge in [-0.2, -0.15) is 0 Å². The molecule has 2 fully saturated rings. The Kier molecular flexibility index (Phi) is 17.3. The van der Waals surface area contributed by atoms with Crippen molar-refractivity contribution in [1.82, 2.24) is 20.2 Å². The molecule has 1 saturated carbocycles. The predicted octanol–water partition coefficient (Wildman–Crippen LogP) is 5.05. The Balaban J connectivity index is 0.746. The molecule has 15 nitrogen and oxygen atoms in total. The number of carbonyl (C=O) groups is 5. The fourth-order valence-corrected chi connectivity index (χ4v) is 7.62. The highest BCUT2D eigenvalue weighted by atomic mass is 16.6. The number of nitrogens with one attached hydrogen (secondary N) is 2. The van der Waals surface area contributed by atoms with E-state index in [9.17, 15) is 24.0 Å². The minimum absolute atomic E-state index is 0.0650. The van der Waals surface area contributed by atoms with Gasteiger partial charge < -0.3 is 29.0 Å². The van der Waals surface area contributed by atoms with Gasteiger partial charge >= 0.3 is 0 Å². The van der Waals surface area contributed by atoms with E-state index in [0.717, 1.165) is 71.8 Å². The van der Waals surface area contributed by atoms with Crippen molar-refractivity contribution in [1.29, 1.82) is 0 Å². The molecule has 0 bridgehead atoms. The minimum Gasteiger partial charge on any atom is -0.491 e. The standard InChI is InChI=1S/C46H59N5O10/c1-31(43(53)34-8-5-9-34)7-3-4-11-37-32(2)30-48-40(49-37)29-33-13-15-35(16-14-33)61-28-27-60-26-25-59-24-23-58-22-21-57-20-19-47-38-12-6-10-36-42(38)46(56)51(45(36)55)39-17-18-41(52)50-44(39)54/h6,10,12-16,30-31,34,39,47H,3-5,7-9,11,17-29H2,1-2H3,(H,50,52,54). The van der Waals surface area contributed by atoms with Gasteiger partial charge in [0.1, 0.15) is 30.0 Å². The number of ether oxygens (including phenoxy) is 5. The Labute approximate surface area is 357 Å². The van der Waals surface area contributed by atoms with Crippen LogP contribution in [0.3, 0.4) is 0 Å². The third kappa shape index (κ3) is 13.0.